The van der Waals surface area contributed by atoms with E-state index in [2.05, 4.69) is 77.8 Å². The molecule has 0 saturated carbocycles. The van der Waals surface area contributed by atoms with Crippen LogP contribution < -0.4 is 0 Å². The monoisotopic (exact) mass is 468 g/mol. The van der Waals surface area contributed by atoms with Gasteiger partial charge in [0.25, 0.3) is 0 Å². The Kier molecular flexibility index (Phi) is 6.30. The molecule has 0 atom stereocenters. The van der Waals surface area contributed by atoms with E-state index in [0.717, 1.165) is 38.4 Å². The van der Waals surface area contributed by atoms with Gasteiger partial charge in [-0.15, -0.1) is 16.5 Å². The van der Waals surface area contributed by atoms with E-state index in [4.69, 9.17) is 5.11 Å². The average Bonchev–Trinajstić information content (AvgIpc) is 3.10. The fourth-order valence-electron chi connectivity index (χ4n) is 4.14. The fraction of sp³-hybridized carbons (Fsp3) is 0.300. The van der Waals surface area contributed by atoms with Crippen molar-refractivity contribution < 1.29 is 4.79 Å². The van der Waals surface area contributed by atoms with E-state index in [1.807, 2.05) is 42.5 Å². The van der Waals surface area contributed by atoms with Gasteiger partial charge in [0.05, 0.1) is 10.6 Å². The topological polar surface area (TPSA) is 41.8 Å². The number of nitrogens with zero attached hydrogens (tertiary/aromatic N) is 2. The Morgan fingerprint density at radius 3 is 1.85 bits per heavy atom. The number of hydrogen-bond donors (Lipinski definition) is 0. The number of ketones is 1. The van der Waals surface area contributed by atoms with Gasteiger partial charge < -0.3 is 0 Å². The van der Waals surface area contributed by atoms with E-state index in [1.54, 1.807) is 11.3 Å². The molecule has 0 amide bonds. The van der Waals surface area contributed by atoms with E-state index in [-0.39, 0.29) is 16.6 Å². The predicted octanol–water partition coefficient (Wildman–Crippen LogP) is 9.23. The number of hydrogen-bond acceptors (Lipinski definition) is 4. The molecule has 4 heteroatoms. The molecule has 0 unspecified atom stereocenters. The summed E-state index contributed by atoms with van der Waals surface area (Å²) in [6, 6.07) is 18.2. The minimum Gasteiger partial charge on any atom is -0.289 e. The third kappa shape index (κ3) is 4.74. The van der Waals surface area contributed by atoms with Crippen LogP contribution in [0.1, 0.15) is 51.3 Å². The number of carbonyl (C=O) groups is 1. The van der Waals surface area contributed by atoms with Crippen LogP contribution in [0.2, 0.25) is 0 Å². The van der Waals surface area contributed by atoms with Crippen LogP contribution in [0.15, 0.2) is 93.7 Å². The van der Waals surface area contributed by atoms with Crippen LogP contribution in [-0.2, 0) is 4.79 Å². The molecule has 1 aromatic heterocycles. The van der Waals surface area contributed by atoms with E-state index in [1.165, 1.54) is 10.3 Å². The number of fused-ring (bicyclic) bond motifs is 1. The van der Waals surface area contributed by atoms with Gasteiger partial charge in [0.2, 0.25) is 0 Å². The van der Waals surface area contributed by atoms with Crippen molar-refractivity contribution in [2.24, 2.45) is 21.1 Å². The molecule has 0 saturated heterocycles. The molecule has 0 spiro atoms. The number of carbonyl (C=O) groups excluding carboxylic acids is 1. The predicted molar refractivity (Wildman–Crippen MR) is 145 cm³/mol. The molecule has 1 aliphatic carbocycles. The number of thiophene rings is 1. The Labute approximate surface area is 206 Å². The molecule has 0 N–H and O–H groups in total. The molecule has 1 aliphatic rings. The maximum absolute atomic E-state index is 13.5. The number of allylic oxidation sites excluding steroid dienone is 5. The van der Waals surface area contributed by atoms with Gasteiger partial charge >= 0.3 is 0 Å². The maximum Gasteiger partial charge on any atom is 0.186 e. The molecule has 0 bridgehead atoms. The molecule has 0 radical (unpaired) electrons. The molecule has 1 heterocycles. The van der Waals surface area contributed by atoms with Gasteiger partial charge in [0, 0.05) is 27.0 Å². The number of aryl methyl sites for hydroxylation is 1. The molecular weight excluding hydrogens is 436 g/mol. The first-order chi connectivity index (χ1) is 16.0. The summed E-state index contributed by atoms with van der Waals surface area (Å²) in [5.41, 5.74) is 3.56. The molecule has 3 aromatic rings. The Hall–Kier alpha value is -3.11. The number of rotatable bonds is 3. The largest absolute Gasteiger partial charge is 0.289 e. The van der Waals surface area contributed by atoms with Crippen molar-refractivity contribution in [3.63, 3.8) is 0 Å². The van der Waals surface area contributed by atoms with Crippen molar-refractivity contribution >= 4 is 39.3 Å². The number of benzene rings is 2. The molecule has 4 rings (SSSR count). The highest BCUT2D eigenvalue weighted by Gasteiger charge is 2.35. The number of Topliss-reactive ketones (excluding diaryl/α,β-unsaturated/α-hetero) is 1. The van der Waals surface area contributed by atoms with Crippen molar-refractivity contribution in [1.29, 1.82) is 0 Å². The van der Waals surface area contributed by atoms with Gasteiger partial charge in [-0.1, -0.05) is 84.0 Å². The van der Waals surface area contributed by atoms with Gasteiger partial charge in [0.1, 0.15) is 5.70 Å². The minimum absolute atomic E-state index is 0.121. The van der Waals surface area contributed by atoms with E-state index >= 15 is 0 Å². The molecule has 0 aliphatic heterocycles. The van der Waals surface area contributed by atoms with Crippen LogP contribution in [0.5, 0.6) is 0 Å². The lowest BCUT2D eigenvalue weighted by Gasteiger charge is -2.31. The van der Waals surface area contributed by atoms with Gasteiger partial charge in [-0.05, 0) is 47.4 Å². The third-order valence-electron chi connectivity index (χ3n) is 6.02. The quantitative estimate of drug-likeness (QED) is 0.353. The molecule has 174 valence electrons. The van der Waals surface area contributed by atoms with Crippen LogP contribution in [0, 0.1) is 17.8 Å². The molecule has 34 heavy (non-hydrogen) atoms. The molecular formula is C30H32N2OS. The highest BCUT2D eigenvalue weighted by atomic mass is 32.1. The second-order valence-electron chi connectivity index (χ2n) is 10.8. The smallest absolute Gasteiger partial charge is 0.186 e. The van der Waals surface area contributed by atoms with Gasteiger partial charge in [0.15, 0.2) is 5.78 Å². The zero-order valence-electron chi connectivity index (χ0n) is 21.1. The lowest BCUT2D eigenvalue weighted by Crippen LogP contribution is -2.28. The summed E-state index contributed by atoms with van der Waals surface area (Å²) in [5.74, 6) is 0.121. The van der Waals surface area contributed by atoms with Gasteiger partial charge in [-0.2, -0.15) is 5.11 Å². The van der Waals surface area contributed by atoms with Gasteiger partial charge in [-0.3, -0.25) is 4.79 Å². The molecule has 3 nitrogen and oxygen atoms in total. The van der Waals surface area contributed by atoms with E-state index < -0.39 is 0 Å². The second-order valence-corrected chi connectivity index (χ2v) is 12.0. The standard InChI is InChI=1S/C30H32N2OS/c1-19-22-15-11-12-16-23(22)28(34-19)26(32-31-21-13-9-8-10-14-21)20-17-24(29(2,3)4)27(33)25(18-20)30(5,6)7/h8-18H,1-7H3. The van der Waals surface area contributed by atoms with E-state index in [9.17, 15) is 4.79 Å². The second kappa shape index (κ2) is 8.92. The highest BCUT2D eigenvalue weighted by Crippen LogP contribution is 2.43. The third-order valence-corrected chi connectivity index (χ3v) is 7.16. The lowest BCUT2D eigenvalue weighted by molar-refractivity contribution is -0.114. The molecule has 2 aromatic carbocycles. The van der Waals surface area contributed by atoms with Crippen molar-refractivity contribution in [2.45, 2.75) is 48.5 Å². The van der Waals surface area contributed by atoms with Crippen LogP contribution in [0.4, 0.5) is 5.69 Å². The summed E-state index contributed by atoms with van der Waals surface area (Å²) >= 11 is 1.73. The summed E-state index contributed by atoms with van der Waals surface area (Å²) in [6.45, 7) is 14.7. The average molecular weight is 469 g/mol. The van der Waals surface area contributed by atoms with Crippen molar-refractivity contribution in [3.8, 4) is 0 Å². The first-order valence-electron chi connectivity index (χ1n) is 11.7. The summed E-state index contributed by atoms with van der Waals surface area (Å²) in [7, 11) is 0. The SMILES string of the molecule is Cc1sc(C(N=Nc2ccccc2)=C2C=C(C(C)(C)C)C(=O)C(C(C)(C)C)=C2)c2ccccc12. The van der Waals surface area contributed by atoms with Crippen LogP contribution in [0.25, 0.3) is 16.5 Å². The van der Waals surface area contributed by atoms with Crippen molar-refractivity contribution in [2.75, 3.05) is 0 Å². The highest BCUT2D eigenvalue weighted by molar-refractivity contribution is 7.14. The summed E-state index contributed by atoms with van der Waals surface area (Å²) in [6.07, 6.45) is 4.06. The Morgan fingerprint density at radius 2 is 1.29 bits per heavy atom. The Balaban J connectivity index is 2.05. The summed E-state index contributed by atoms with van der Waals surface area (Å²) in [4.78, 5) is 15.8. The van der Waals surface area contributed by atoms with Gasteiger partial charge in [-0.25, -0.2) is 0 Å². The summed E-state index contributed by atoms with van der Waals surface area (Å²) < 4.78 is 0. The zero-order chi connectivity index (χ0) is 24.7. The normalized spacial score (nSPS) is 15.1. The van der Waals surface area contributed by atoms with E-state index in [0.29, 0.717) is 0 Å². The Bertz CT molecular complexity index is 1330. The van der Waals surface area contributed by atoms with Crippen LogP contribution >= 0.6 is 11.3 Å². The lowest BCUT2D eigenvalue weighted by atomic mass is 9.71. The maximum atomic E-state index is 13.5. The van der Waals surface area contributed by atoms with Crippen LogP contribution in [0.3, 0.4) is 0 Å². The first-order valence-corrected chi connectivity index (χ1v) is 12.5. The summed E-state index contributed by atoms with van der Waals surface area (Å²) in [5, 5.41) is 11.8. The zero-order valence-corrected chi connectivity index (χ0v) is 21.9. The first kappa shape index (κ1) is 24.0. The van der Waals surface area contributed by atoms with Crippen molar-refractivity contribution in [3.05, 3.63) is 93.2 Å². The molecule has 0 fully saturated rings. The van der Waals surface area contributed by atoms with Crippen molar-refractivity contribution in [1.82, 2.24) is 0 Å². The minimum atomic E-state index is -0.289. The number of azo groups is 1. The van der Waals surface area contributed by atoms with Crippen LogP contribution in [-0.4, -0.2) is 5.78 Å². The Morgan fingerprint density at radius 1 is 0.765 bits per heavy atom. The fourth-order valence-corrected chi connectivity index (χ4v) is 5.28.